The van der Waals surface area contributed by atoms with Gasteiger partial charge >= 0.3 is 0 Å². The van der Waals surface area contributed by atoms with Crippen molar-refractivity contribution in [3.8, 4) is 0 Å². The Morgan fingerprint density at radius 1 is 1.24 bits per heavy atom. The summed E-state index contributed by atoms with van der Waals surface area (Å²) in [6.07, 6.45) is 7.49. The number of piperidine rings is 1. The highest BCUT2D eigenvalue weighted by Gasteiger charge is 2.29. The number of halogens is 1. The lowest BCUT2D eigenvalue weighted by Gasteiger charge is -2.38. The molecule has 3 unspecified atom stereocenters. The molecule has 0 radical (unpaired) electrons. The van der Waals surface area contributed by atoms with E-state index in [1.807, 2.05) is 19.0 Å². The highest BCUT2D eigenvalue weighted by atomic mass is 35.5. The topological polar surface area (TPSA) is 35.6 Å². The lowest BCUT2D eigenvalue weighted by molar-refractivity contribution is -0.135. The average Bonchev–Trinajstić information content (AvgIpc) is 2.47. The van der Waals surface area contributed by atoms with Crippen molar-refractivity contribution < 1.29 is 4.79 Å². The predicted octanol–water partition coefficient (Wildman–Crippen LogP) is 2.13. The Kier molecular flexibility index (Phi) is 7.99. The van der Waals surface area contributed by atoms with Crippen LogP contribution in [0.5, 0.6) is 0 Å². The van der Waals surface area contributed by atoms with Crippen LogP contribution in [0, 0.1) is 5.92 Å². The number of carbonyl (C=O) groups is 1. The maximum Gasteiger partial charge on any atom is 0.236 e. The second-order valence-electron chi connectivity index (χ2n) is 6.70. The minimum atomic E-state index is 0. The van der Waals surface area contributed by atoms with Gasteiger partial charge in [0.25, 0.3) is 0 Å². The van der Waals surface area contributed by atoms with Crippen LogP contribution in [0.15, 0.2) is 0 Å². The van der Waals surface area contributed by atoms with E-state index in [2.05, 4.69) is 17.1 Å². The molecular weight excluding hydrogens is 286 g/mol. The van der Waals surface area contributed by atoms with Gasteiger partial charge in [-0.05, 0) is 45.2 Å². The van der Waals surface area contributed by atoms with E-state index in [1.54, 1.807) is 0 Å². The molecule has 21 heavy (non-hydrogen) atoms. The van der Waals surface area contributed by atoms with Crippen LogP contribution in [-0.2, 0) is 4.79 Å². The summed E-state index contributed by atoms with van der Waals surface area (Å²) in [7, 11) is 4.03. The molecule has 0 spiro atoms. The molecule has 1 N–H and O–H groups in total. The van der Waals surface area contributed by atoms with Crippen LogP contribution in [0.25, 0.3) is 0 Å². The normalized spacial score (nSPS) is 30.5. The Morgan fingerprint density at radius 2 is 1.95 bits per heavy atom. The van der Waals surface area contributed by atoms with Gasteiger partial charge in [0.2, 0.25) is 5.91 Å². The zero-order valence-electron chi connectivity index (χ0n) is 13.8. The summed E-state index contributed by atoms with van der Waals surface area (Å²) in [5, 5.41) is 3.34. The van der Waals surface area contributed by atoms with Gasteiger partial charge in [0.1, 0.15) is 0 Å². The van der Waals surface area contributed by atoms with Gasteiger partial charge in [-0.2, -0.15) is 0 Å². The summed E-state index contributed by atoms with van der Waals surface area (Å²) in [5.74, 6) is 0.963. The fourth-order valence-corrected chi connectivity index (χ4v) is 3.79. The van der Waals surface area contributed by atoms with E-state index in [4.69, 9.17) is 0 Å². The van der Waals surface area contributed by atoms with E-state index in [9.17, 15) is 4.79 Å². The summed E-state index contributed by atoms with van der Waals surface area (Å²) in [5.41, 5.74) is 0. The van der Waals surface area contributed by atoms with Crippen molar-refractivity contribution in [1.82, 2.24) is 15.1 Å². The SMILES string of the molecule is CNC1CCCN(CC(=O)N(C)C2CCCCC2C)C1.Cl. The Balaban J connectivity index is 0.00000220. The number of likely N-dealkylation sites (N-methyl/N-ethyl adjacent to an activating group) is 2. The number of nitrogens with zero attached hydrogens (tertiary/aromatic N) is 2. The molecule has 5 heteroatoms. The molecule has 0 aromatic carbocycles. The second kappa shape index (κ2) is 8.96. The third-order valence-corrected chi connectivity index (χ3v) is 5.23. The lowest BCUT2D eigenvalue weighted by Crippen LogP contribution is -2.50. The van der Waals surface area contributed by atoms with Crippen molar-refractivity contribution in [1.29, 1.82) is 0 Å². The predicted molar refractivity (Wildman–Crippen MR) is 90.0 cm³/mol. The number of rotatable bonds is 4. The molecule has 1 amide bonds. The van der Waals surface area contributed by atoms with E-state index < -0.39 is 0 Å². The first-order valence-corrected chi connectivity index (χ1v) is 8.27. The van der Waals surface area contributed by atoms with Crippen LogP contribution in [0.2, 0.25) is 0 Å². The van der Waals surface area contributed by atoms with Gasteiger partial charge in [-0.15, -0.1) is 12.4 Å². The van der Waals surface area contributed by atoms with Crippen LogP contribution in [0.4, 0.5) is 0 Å². The van der Waals surface area contributed by atoms with Gasteiger partial charge in [-0.25, -0.2) is 0 Å². The van der Waals surface area contributed by atoms with Crippen LogP contribution < -0.4 is 5.32 Å². The van der Waals surface area contributed by atoms with Gasteiger partial charge in [0.15, 0.2) is 0 Å². The Labute approximate surface area is 136 Å². The van der Waals surface area contributed by atoms with Gasteiger partial charge < -0.3 is 10.2 Å². The van der Waals surface area contributed by atoms with Crippen LogP contribution in [-0.4, -0.2) is 61.5 Å². The largest absolute Gasteiger partial charge is 0.341 e. The fourth-order valence-electron chi connectivity index (χ4n) is 3.79. The van der Waals surface area contributed by atoms with Crippen molar-refractivity contribution in [2.45, 2.75) is 57.5 Å². The minimum Gasteiger partial charge on any atom is -0.341 e. The first-order chi connectivity index (χ1) is 9.61. The molecule has 1 aliphatic carbocycles. The Hall–Kier alpha value is -0.320. The van der Waals surface area contributed by atoms with E-state index in [0.29, 0.717) is 30.5 Å². The third kappa shape index (κ3) is 5.11. The van der Waals surface area contributed by atoms with E-state index >= 15 is 0 Å². The van der Waals surface area contributed by atoms with E-state index in [1.165, 1.54) is 38.5 Å². The number of hydrogen-bond donors (Lipinski definition) is 1. The molecule has 1 saturated carbocycles. The summed E-state index contributed by atoms with van der Waals surface area (Å²) in [4.78, 5) is 16.9. The molecule has 0 aromatic heterocycles. The highest BCUT2D eigenvalue weighted by molar-refractivity contribution is 5.85. The molecule has 2 rings (SSSR count). The van der Waals surface area contributed by atoms with Gasteiger partial charge in [0.05, 0.1) is 6.54 Å². The zero-order chi connectivity index (χ0) is 14.5. The van der Waals surface area contributed by atoms with E-state index in [0.717, 1.165) is 13.1 Å². The third-order valence-electron chi connectivity index (χ3n) is 5.23. The Bertz CT molecular complexity index is 327. The van der Waals surface area contributed by atoms with Crippen molar-refractivity contribution in [3.05, 3.63) is 0 Å². The molecule has 0 aromatic rings. The number of nitrogens with one attached hydrogen (secondary N) is 1. The lowest BCUT2D eigenvalue weighted by atomic mass is 9.85. The summed E-state index contributed by atoms with van der Waals surface area (Å²) < 4.78 is 0. The standard InChI is InChI=1S/C16H31N3O.ClH/c1-13-7-4-5-9-15(13)18(3)16(20)12-19-10-6-8-14(11-19)17-2;/h13-15,17H,4-12H2,1-3H3;1H. The molecular formula is C16H32ClN3O. The first-order valence-electron chi connectivity index (χ1n) is 8.27. The molecule has 1 heterocycles. The second-order valence-corrected chi connectivity index (χ2v) is 6.70. The van der Waals surface area contributed by atoms with Crippen molar-refractivity contribution >= 4 is 18.3 Å². The van der Waals surface area contributed by atoms with Crippen molar-refractivity contribution in [3.63, 3.8) is 0 Å². The summed E-state index contributed by atoms with van der Waals surface area (Å²) in [6.45, 7) is 4.97. The maximum atomic E-state index is 12.5. The Morgan fingerprint density at radius 3 is 2.62 bits per heavy atom. The van der Waals surface area contributed by atoms with Gasteiger partial charge in [-0.3, -0.25) is 9.69 Å². The first kappa shape index (κ1) is 18.7. The monoisotopic (exact) mass is 317 g/mol. The van der Waals surface area contributed by atoms with Gasteiger partial charge in [-0.1, -0.05) is 19.8 Å². The van der Waals surface area contributed by atoms with E-state index in [-0.39, 0.29) is 12.4 Å². The zero-order valence-corrected chi connectivity index (χ0v) is 14.6. The maximum absolute atomic E-state index is 12.5. The molecule has 1 aliphatic heterocycles. The van der Waals surface area contributed by atoms with Crippen LogP contribution in [0.3, 0.4) is 0 Å². The summed E-state index contributed by atoms with van der Waals surface area (Å²) >= 11 is 0. The number of likely N-dealkylation sites (tertiary alicyclic amines) is 1. The fraction of sp³-hybridized carbons (Fsp3) is 0.938. The quantitative estimate of drug-likeness (QED) is 0.863. The average molecular weight is 318 g/mol. The molecule has 124 valence electrons. The number of carbonyl (C=O) groups excluding carboxylic acids is 1. The summed E-state index contributed by atoms with van der Waals surface area (Å²) in [6, 6.07) is 1.01. The number of hydrogen-bond acceptors (Lipinski definition) is 3. The smallest absolute Gasteiger partial charge is 0.236 e. The van der Waals surface area contributed by atoms with Crippen LogP contribution >= 0.6 is 12.4 Å². The minimum absolute atomic E-state index is 0. The number of amides is 1. The van der Waals surface area contributed by atoms with Crippen molar-refractivity contribution in [2.75, 3.05) is 33.7 Å². The molecule has 3 atom stereocenters. The van der Waals surface area contributed by atoms with Crippen LogP contribution in [0.1, 0.15) is 45.4 Å². The highest BCUT2D eigenvalue weighted by Crippen LogP contribution is 2.27. The molecule has 4 nitrogen and oxygen atoms in total. The van der Waals surface area contributed by atoms with Gasteiger partial charge in [0, 0.05) is 25.7 Å². The molecule has 1 saturated heterocycles. The molecule has 0 bridgehead atoms. The molecule has 2 fully saturated rings. The molecule has 2 aliphatic rings. The van der Waals surface area contributed by atoms with Crippen molar-refractivity contribution in [2.24, 2.45) is 5.92 Å².